The van der Waals surface area contributed by atoms with Crippen LogP contribution in [0.25, 0.3) is 0 Å². The van der Waals surface area contributed by atoms with Crippen LogP contribution in [0.15, 0.2) is 12.4 Å². The Bertz CT molecular complexity index is 396. The van der Waals surface area contributed by atoms with E-state index in [0.717, 1.165) is 0 Å². The maximum atomic E-state index is 11.2. The molecule has 0 radical (unpaired) electrons. The molecule has 1 amide bonds. The number of hydrogen-bond donors (Lipinski definition) is 3. The Labute approximate surface area is 91.7 Å². The maximum absolute atomic E-state index is 11.2. The molecule has 0 atom stereocenters. The van der Waals surface area contributed by atoms with E-state index in [4.69, 9.17) is 10.2 Å². The van der Waals surface area contributed by atoms with Gasteiger partial charge in [0.2, 0.25) is 5.91 Å². The summed E-state index contributed by atoms with van der Waals surface area (Å²) in [6.45, 7) is 1.42. The van der Waals surface area contributed by atoms with Gasteiger partial charge in [-0.05, 0) is 0 Å². The van der Waals surface area contributed by atoms with Crippen molar-refractivity contribution in [2.45, 2.75) is 6.29 Å². The fourth-order valence-corrected chi connectivity index (χ4v) is 1.51. The minimum atomic E-state index is -1.62. The second-order valence-electron chi connectivity index (χ2n) is 3.45. The molecule has 1 aliphatic rings. The molecule has 0 spiro atoms. The van der Waals surface area contributed by atoms with Crippen LogP contribution in [-0.2, 0) is 4.79 Å². The van der Waals surface area contributed by atoms with Crippen LogP contribution in [0.3, 0.4) is 0 Å². The zero-order valence-corrected chi connectivity index (χ0v) is 8.50. The van der Waals surface area contributed by atoms with E-state index < -0.39 is 6.29 Å². The topological polar surface area (TPSA) is 98.6 Å². The van der Waals surface area contributed by atoms with Crippen molar-refractivity contribution in [2.24, 2.45) is 0 Å². The lowest BCUT2D eigenvalue weighted by Gasteiger charge is -2.27. The summed E-state index contributed by atoms with van der Waals surface area (Å²) in [6.07, 6.45) is -0.378. The zero-order chi connectivity index (χ0) is 11.5. The highest BCUT2D eigenvalue weighted by Crippen LogP contribution is 2.14. The molecular formula is C9H12N4O3. The Morgan fingerprint density at radius 1 is 1.44 bits per heavy atom. The molecule has 0 aliphatic carbocycles. The van der Waals surface area contributed by atoms with E-state index in [1.54, 1.807) is 4.90 Å². The van der Waals surface area contributed by atoms with E-state index in [0.29, 0.717) is 18.9 Å². The van der Waals surface area contributed by atoms with Crippen LogP contribution >= 0.6 is 0 Å². The molecule has 0 saturated carbocycles. The van der Waals surface area contributed by atoms with E-state index in [2.05, 4.69) is 15.3 Å². The molecule has 1 fully saturated rings. The van der Waals surface area contributed by atoms with Crippen molar-refractivity contribution >= 4 is 11.7 Å². The predicted octanol–water partition coefficient (Wildman–Crippen LogP) is -1.60. The van der Waals surface area contributed by atoms with Gasteiger partial charge in [0, 0.05) is 19.2 Å². The number of nitrogens with one attached hydrogen (secondary N) is 1. The summed E-state index contributed by atoms with van der Waals surface area (Å²) >= 11 is 0. The van der Waals surface area contributed by atoms with Crippen molar-refractivity contribution in [3.8, 4) is 0 Å². The van der Waals surface area contributed by atoms with E-state index in [-0.39, 0.29) is 18.1 Å². The number of aromatic nitrogens is 2. The van der Waals surface area contributed by atoms with Gasteiger partial charge in [-0.2, -0.15) is 0 Å². The number of carbonyl (C=O) groups excluding carboxylic acids is 1. The second-order valence-corrected chi connectivity index (χ2v) is 3.45. The van der Waals surface area contributed by atoms with Gasteiger partial charge in [0.15, 0.2) is 6.29 Å². The largest absolute Gasteiger partial charge is 0.363 e. The van der Waals surface area contributed by atoms with Gasteiger partial charge in [0.1, 0.15) is 17.8 Å². The first-order valence-electron chi connectivity index (χ1n) is 4.86. The number of amides is 1. The minimum absolute atomic E-state index is 0.0732. The summed E-state index contributed by atoms with van der Waals surface area (Å²) < 4.78 is 0. The third-order valence-electron chi connectivity index (χ3n) is 2.30. The van der Waals surface area contributed by atoms with Gasteiger partial charge >= 0.3 is 0 Å². The Morgan fingerprint density at radius 2 is 2.25 bits per heavy atom. The first-order chi connectivity index (χ1) is 7.66. The fraction of sp³-hybridized carbons (Fsp3) is 0.444. The van der Waals surface area contributed by atoms with Gasteiger partial charge < -0.3 is 20.4 Å². The average Bonchev–Trinajstić information content (AvgIpc) is 2.29. The zero-order valence-electron chi connectivity index (χ0n) is 8.50. The van der Waals surface area contributed by atoms with Gasteiger partial charge in [0.25, 0.3) is 0 Å². The molecule has 3 N–H and O–H groups in total. The van der Waals surface area contributed by atoms with Crippen LogP contribution in [0.2, 0.25) is 0 Å². The molecule has 16 heavy (non-hydrogen) atoms. The van der Waals surface area contributed by atoms with Crippen molar-refractivity contribution in [2.75, 3.05) is 24.5 Å². The van der Waals surface area contributed by atoms with Gasteiger partial charge in [-0.3, -0.25) is 4.79 Å². The highest BCUT2D eigenvalue weighted by molar-refractivity contribution is 5.82. The SMILES string of the molecule is O=C1CN(c2cc(C(O)O)ncn2)CCN1. The van der Waals surface area contributed by atoms with E-state index in [9.17, 15) is 4.79 Å². The molecule has 7 nitrogen and oxygen atoms in total. The van der Waals surface area contributed by atoms with Crippen LogP contribution in [0, 0.1) is 0 Å². The third kappa shape index (κ3) is 2.26. The summed E-state index contributed by atoms with van der Waals surface area (Å²) in [4.78, 5) is 20.6. The number of nitrogens with zero attached hydrogens (tertiary/aromatic N) is 3. The monoisotopic (exact) mass is 224 g/mol. The van der Waals surface area contributed by atoms with Crippen LogP contribution in [-0.4, -0.2) is 45.7 Å². The quantitative estimate of drug-likeness (QED) is 0.523. The Balaban J connectivity index is 2.19. The molecule has 2 rings (SSSR count). The summed E-state index contributed by atoms with van der Waals surface area (Å²) in [5, 5.41) is 20.6. The highest BCUT2D eigenvalue weighted by Gasteiger charge is 2.18. The minimum Gasteiger partial charge on any atom is -0.363 e. The molecule has 1 saturated heterocycles. The lowest BCUT2D eigenvalue weighted by molar-refractivity contribution is -0.120. The smallest absolute Gasteiger partial charge is 0.239 e. The third-order valence-corrected chi connectivity index (χ3v) is 2.30. The Morgan fingerprint density at radius 3 is 2.94 bits per heavy atom. The number of aliphatic hydroxyl groups excluding tert-OH is 1. The van der Waals surface area contributed by atoms with Crippen molar-refractivity contribution in [1.29, 1.82) is 0 Å². The molecular weight excluding hydrogens is 212 g/mol. The van der Waals surface area contributed by atoms with Gasteiger partial charge in [-0.15, -0.1) is 0 Å². The summed E-state index contributed by atoms with van der Waals surface area (Å²) in [5.74, 6) is 0.448. The molecule has 86 valence electrons. The standard InChI is InChI=1S/C9H12N4O3/c14-8-4-13(2-1-10-8)7-3-6(9(15)16)11-5-12-7/h3,5,9,15-16H,1-2,4H2,(H,10,14). The van der Waals surface area contributed by atoms with Gasteiger partial charge in [0.05, 0.1) is 6.54 Å². The van der Waals surface area contributed by atoms with Crippen molar-refractivity contribution in [1.82, 2.24) is 15.3 Å². The first kappa shape index (κ1) is 10.8. The summed E-state index contributed by atoms with van der Waals surface area (Å²) in [5.41, 5.74) is 0.121. The molecule has 1 aromatic rings. The fourth-order valence-electron chi connectivity index (χ4n) is 1.51. The van der Waals surface area contributed by atoms with E-state index in [1.807, 2.05) is 0 Å². The van der Waals surface area contributed by atoms with Gasteiger partial charge in [-0.25, -0.2) is 9.97 Å². The lowest BCUT2D eigenvalue weighted by atomic mass is 10.3. The highest BCUT2D eigenvalue weighted by atomic mass is 16.5. The van der Waals surface area contributed by atoms with Gasteiger partial charge in [-0.1, -0.05) is 0 Å². The first-order valence-corrected chi connectivity index (χ1v) is 4.86. The second kappa shape index (κ2) is 4.42. The van der Waals surface area contributed by atoms with Crippen LogP contribution < -0.4 is 10.2 Å². The Hall–Kier alpha value is -1.73. The normalized spacial score (nSPS) is 16.4. The predicted molar refractivity (Wildman–Crippen MR) is 54.4 cm³/mol. The van der Waals surface area contributed by atoms with Crippen LogP contribution in [0.5, 0.6) is 0 Å². The molecule has 7 heteroatoms. The number of rotatable bonds is 2. The van der Waals surface area contributed by atoms with Crippen molar-refractivity contribution < 1.29 is 15.0 Å². The molecule has 1 aliphatic heterocycles. The average molecular weight is 224 g/mol. The maximum Gasteiger partial charge on any atom is 0.239 e. The number of aliphatic hydroxyl groups is 2. The molecule has 2 heterocycles. The van der Waals surface area contributed by atoms with Crippen molar-refractivity contribution in [3.05, 3.63) is 18.1 Å². The molecule has 1 aromatic heterocycles. The number of carbonyl (C=O) groups is 1. The number of piperazine rings is 1. The van der Waals surface area contributed by atoms with Crippen molar-refractivity contribution in [3.63, 3.8) is 0 Å². The number of anilines is 1. The summed E-state index contributed by atoms with van der Waals surface area (Å²) in [7, 11) is 0. The molecule has 0 bridgehead atoms. The lowest BCUT2D eigenvalue weighted by Crippen LogP contribution is -2.48. The van der Waals surface area contributed by atoms with E-state index in [1.165, 1.54) is 12.4 Å². The van der Waals surface area contributed by atoms with Crippen LogP contribution in [0.4, 0.5) is 5.82 Å². The van der Waals surface area contributed by atoms with E-state index >= 15 is 0 Å². The Kier molecular flexibility index (Phi) is 2.97. The molecule has 0 aromatic carbocycles. The van der Waals surface area contributed by atoms with Crippen LogP contribution in [0.1, 0.15) is 12.0 Å². The number of hydrogen-bond acceptors (Lipinski definition) is 6. The molecule has 0 unspecified atom stereocenters. The summed E-state index contributed by atoms with van der Waals surface area (Å²) in [6, 6.07) is 1.46.